The van der Waals surface area contributed by atoms with Gasteiger partial charge in [-0.1, -0.05) is 65.2 Å². The van der Waals surface area contributed by atoms with Crippen molar-refractivity contribution in [3.63, 3.8) is 0 Å². The van der Waals surface area contributed by atoms with Crippen LogP contribution in [0.5, 0.6) is 5.75 Å². The van der Waals surface area contributed by atoms with Crippen molar-refractivity contribution < 1.29 is 18.4 Å². The summed E-state index contributed by atoms with van der Waals surface area (Å²) in [6.45, 7) is 15.6. The van der Waals surface area contributed by atoms with Gasteiger partial charge in [0.2, 0.25) is 5.79 Å². The molecule has 0 saturated carbocycles. The van der Waals surface area contributed by atoms with Crippen molar-refractivity contribution in [3.8, 4) is 5.75 Å². The molecule has 0 aromatic carbocycles. The fourth-order valence-corrected chi connectivity index (χ4v) is 5.61. The SMILES string of the molecule is CCCCCCCC[N+](C)(C)Cc1nc(C)c2c(c1C[N+](C)(C)CCCCCCCC)COC(C)(C)O2. The van der Waals surface area contributed by atoms with E-state index < -0.39 is 5.79 Å². The molecule has 0 saturated heterocycles. The van der Waals surface area contributed by atoms with E-state index in [9.17, 15) is 0 Å². The van der Waals surface area contributed by atoms with Crippen LogP contribution in [0.15, 0.2) is 0 Å². The summed E-state index contributed by atoms with van der Waals surface area (Å²) in [7, 11) is 9.51. The minimum absolute atomic E-state index is 0.603. The average Bonchev–Trinajstić information content (AvgIpc) is 2.80. The normalized spacial score (nSPS) is 15.5. The lowest BCUT2D eigenvalue weighted by Crippen LogP contribution is -2.44. The van der Waals surface area contributed by atoms with Crippen molar-refractivity contribution in [3.05, 3.63) is 22.5 Å². The summed E-state index contributed by atoms with van der Waals surface area (Å²) >= 11 is 0. The molecule has 1 aromatic heterocycles. The molecule has 2 heterocycles. The maximum Gasteiger partial charge on any atom is 0.205 e. The van der Waals surface area contributed by atoms with Gasteiger partial charge >= 0.3 is 0 Å². The van der Waals surface area contributed by atoms with Crippen LogP contribution in [0.25, 0.3) is 0 Å². The van der Waals surface area contributed by atoms with Gasteiger partial charge in [-0.15, -0.1) is 0 Å². The first-order valence-electron chi connectivity index (χ1n) is 15.4. The lowest BCUT2D eigenvalue weighted by molar-refractivity contribution is -0.907. The Balaban J connectivity index is 2.19. The molecule has 0 spiro atoms. The van der Waals surface area contributed by atoms with E-state index in [1.807, 2.05) is 13.8 Å². The average molecular weight is 520 g/mol. The highest BCUT2D eigenvalue weighted by Crippen LogP contribution is 2.38. The van der Waals surface area contributed by atoms with Crippen molar-refractivity contribution in [1.82, 2.24) is 4.98 Å². The van der Waals surface area contributed by atoms with Crippen LogP contribution in [0.4, 0.5) is 0 Å². The fourth-order valence-electron chi connectivity index (χ4n) is 5.61. The topological polar surface area (TPSA) is 31.4 Å². The number of fused-ring (bicyclic) bond motifs is 1. The number of hydrogen-bond donors (Lipinski definition) is 0. The first-order valence-corrected chi connectivity index (χ1v) is 15.4. The third-order valence-electron chi connectivity index (χ3n) is 7.93. The van der Waals surface area contributed by atoms with Gasteiger partial charge < -0.3 is 18.4 Å². The van der Waals surface area contributed by atoms with Gasteiger partial charge in [0.25, 0.3) is 0 Å². The van der Waals surface area contributed by atoms with E-state index >= 15 is 0 Å². The van der Waals surface area contributed by atoms with E-state index in [1.54, 1.807) is 0 Å². The van der Waals surface area contributed by atoms with Crippen LogP contribution in [-0.2, 0) is 24.4 Å². The quantitative estimate of drug-likeness (QED) is 0.146. The standard InChI is InChI=1S/C32H61N3O2/c1-10-12-14-16-18-20-22-34(6,7)24-28-29-26-36-32(4,5)37-31(29)27(3)33-30(28)25-35(8,9)23-21-19-17-15-13-11-2/h10-26H2,1-9H3/q+2. The van der Waals surface area contributed by atoms with Crippen molar-refractivity contribution in [1.29, 1.82) is 0 Å². The summed E-state index contributed by atoms with van der Waals surface area (Å²) in [5, 5.41) is 0. The Hall–Kier alpha value is -1.17. The third-order valence-corrected chi connectivity index (χ3v) is 7.93. The molecule has 37 heavy (non-hydrogen) atoms. The van der Waals surface area contributed by atoms with Crippen LogP contribution in [0.3, 0.4) is 0 Å². The van der Waals surface area contributed by atoms with E-state index in [0.717, 1.165) is 33.5 Å². The lowest BCUT2D eigenvalue weighted by atomic mass is 10.00. The van der Waals surface area contributed by atoms with Crippen LogP contribution in [0, 0.1) is 6.92 Å². The summed E-state index contributed by atoms with van der Waals surface area (Å²) in [5.74, 6) is 0.351. The van der Waals surface area contributed by atoms with Crippen molar-refractivity contribution in [2.24, 2.45) is 0 Å². The summed E-state index contributed by atoms with van der Waals surface area (Å²) < 4.78 is 14.5. The molecule has 0 bridgehead atoms. The minimum atomic E-state index is -0.603. The second-order valence-electron chi connectivity index (χ2n) is 13.4. The van der Waals surface area contributed by atoms with Gasteiger partial charge in [0.15, 0.2) is 0 Å². The molecule has 1 aliphatic heterocycles. The van der Waals surface area contributed by atoms with E-state index in [4.69, 9.17) is 14.5 Å². The molecule has 0 aliphatic carbocycles. The first-order chi connectivity index (χ1) is 17.4. The largest absolute Gasteiger partial charge is 0.461 e. The summed E-state index contributed by atoms with van der Waals surface area (Å²) in [6, 6.07) is 0. The number of pyridine rings is 1. The number of nitrogens with zero attached hydrogens (tertiary/aromatic N) is 3. The molecular weight excluding hydrogens is 458 g/mol. The predicted octanol–water partition coefficient (Wildman–Crippen LogP) is 7.91. The molecule has 0 fully saturated rings. The van der Waals surface area contributed by atoms with Crippen LogP contribution in [0.1, 0.15) is 127 Å². The maximum absolute atomic E-state index is 6.34. The lowest BCUT2D eigenvalue weighted by Gasteiger charge is -2.38. The molecule has 0 radical (unpaired) electrons. The van der Waals surface area contributed by atoms with Crippen LogP contribution in [0.2, 0.25) is 0 Å². The molecule has 0 unspecified atom stereocenters. The molecule has 5 heteroatoms. The van der Waals surface area contributed by atoms with Crippen LogP contribution >= 0.6 is 0 Å². The molecule has 0 atom stereocenters. The Labute approximate surface area is 230 Å². The smallest absolute Gasteiger partial charge is 0.205 e. The zero-order valence-electron chi connectivity index (χ0n) is 26.2. The highest BCUT2D eigenvalue weighted by molar-refractivity contribution is 5.45. The van der Waals surface area contributed by atoms with Crippen LogP contribution in [-0.4, -0.2) is 61.0 Å². The number of ether oxygens (including phenoxy) is 2. The fraction of sp³-hybridized carbons (Fsp3) is 0.844. The molecule has 1 aliphatic rings. The molecule has 0 N–H and O–H groups in total. The Bertz CT molecular complexity index is 817. The molecule has 0 amide bonds. The van der Waals surface area contributed by atoms with Crippen LogP contribution < -0.4 is 4.74 Å². The van der Waals surface area contributed by atoms with E-state index in [0.29, 0.717) is 6.61 Å². The molecule has 1 aromatic rings. The number of hydrogen-bond acceptors (Lipinski definition) is 3. The summed E-state index contributed by atoms with van der Waals surface area (Å²) in [5.41, 5.74) is 4.84. The molecular formula is C32H61N3O2+2. The molecule has 2 rings (SSSR count). The van der Waals surface area contributed by atoms with Gasteiger partial charge in [-0.25, -0.2) is 4.98 Å². The zero-order valence-corrected chi connectivity index (χ0v) is 26.2. The number of aryl methyl sites for hydroxylation is 1. The first kappa shape index (κ1) is 32.0. The van der Waals surface area contributed by atoms with Crippen molar-refractivity contribution >= 4 is 0 Å². The highest BCUT2D eigenvalue weighted by Gasteiger charge is 2.35. The maximum atomic E-state index is 6.34. The highest BCUT2D eigenvalue weighted by atomic mass is 16.7. The Morgan fingerprint density at radius 1 is 0.730 bits per heavy atom. The van der Waals surface area contributed by atoms with E-state index in [-0.39, 0.29) is 0 Å². The molecule has 5 nitrogen and oxygen atoms in total. The summed E-state index contributed by atoms with van der Waals surface area (Å²) in [4.78, 5) is 5.21. The Morgan fingerprint density at radius 3 is 1.76 bits per heavy atom. The Morgan fingerprint density at radius 2 is 1.22 bits per heavy atom. The van der Waals surface area contributed by atoms with E-state index in [1.165, 1.54) is 107 Å². The van der Waals surface area contributed by atoms with E-state index in [2.05, 4.69) is 49.0 Å². The zero-order chi connectivity index (χ0) is 27.5. The number of unbranched alkanes of at least 4 members (excludes halogenated alkanes) is 10. The Kier molecular flexibility index (Phi) is 12.9. The van der Waals surface area contributed by atoms with Gasteiger partial charge in [0.05, 0.1) is 53.6 Å². The summed E-state index contributed by atoms with van der Waals surface area (Å²) in [6.07, 6.45) is 16.1. The molecule has 214 valence electrons. The number of quaternary nitrogens is 2. The number of rotatable bonds is 18. The third kappa shape index (κ3) is 11.2. The van der Waals surface area contributed by atoms with Gasteiger partial charge in [-0.05, 0) is 32.6 Å². The van der Waals surface area contributed by atoms with Gasteiger partial charge in [0.1, 0.15) is 24.5 Å². The van der Waals surface area contributed by atoms with Gasteiger partial charge in [0, 0.05) is 25.0 Å². The van der Waals surface area contributed by atoms with Gasteiger partial charge in [-0.2, -0.15) is 0 Å². The van der Waals surface area contributed by atoms with Crippen molar-refractivity contribution in [2.75, 3.05) is 41.3 Å². The van der Waals surface area contributed by atoms with Crippen molar-refractivity contribution in [2.45, 2.75) is 137 Å². The second kappa shape index (κ2) is 14.8. The minimum Gasteiger partial charge on any atom is -0.461 e. The van der Waals surface area contributed by atoms with Gasteiger partial charge in [-0.3, -0.25) is 0 Å². The monoisotopic (exact) mass is 519 g/mol. The predicted molar refractivity (Wildman–Crippen MR) is 157 cm³/mol. The number of aromatic nitrogens is 1. The second-order valence-corrected chi connectivity index (χ2v) is 13.4.